The molecule has 0 saturated heterocycles. The average Bonchev–Trinajstić information content (AvgIpc) is 2.26. The largest absolute Gasteiger partial charge is 0.508 e. The molecule has 0 aliphatic rings. The number of phenolic OH excluding ortho intramolecular Hbond substituents is 1. The van der Waals surface area contributed by atoms with Gasteiger partial charge in [-0.15, -0.1) is 0 Å². The number of benzene rings is 1. The van der Waals surface area contributed by atoms with E-state index in [-0.39, 0.29) is 5.75 Å². The number of allylic oxidation sites excluding steroid dienone is 3. The van der Waals surface area contributed by atoms with Crippen LogP contribution in [0.15, 0.2) is 66.3 Å². The maximum absolute atomic E-state index is 9.08. The second-order valence-electron chi connectivity index (χ2n) is 2.88. The average molecular weight is 199 g/mol. The highest BCUT2D eigenvalue weighted by molar-refractivity contribution is 5.80. The first-order chi connectivity index (χ1) is 7.26. The summed E-state index contributed by atoms with van der Waals surface area (Å²) in [6, 6.07) is 6.80. The standard InChI is InChI=1S/C13H13NO/c1-3-5-12(4-2)14-10-11-6-8-13(15)9-7-11/h3-10,15H,1-2H2/b12-5+,14-10?. The summed E-state index contributed by atoms with van der Waals surface area (Å²) in [5, 5.41) is 9.08. The summed E-state index contributed by atoms with van der Waals surface area (Å²) >= 11 is 0. The molecule has 0 heterocycles. The second kappa shape index (κ2) is 5.60. The molecule has 0 aliphatic heterocycles. The van der Waals surface area contributed by atoms with Crippen molar-refractivity contribution in [3.8, 4) is 5.75 Å². The number of aliphatic imine (C=N–C) groups is 1. The lowest BCUT2D eigenvalue weighted by Gasteiger charge is -1.94. The third kappa shape index (κ3) is 3.65. The highest BCUT2D eigenvalue weighted by atomic mass is 16.3. The van der Waals surface area contributed by atoms with Crippen LogP contribution >= 0.6 is 0 Å². The van der Waals surface area contributed by atoms with Crippen LogP contribution in [0, 0.1) is 0 Å². The minimum absolute atomic E-state index is 0.248. The summed E-state index contributed by atoms with van der Waals surface area (Å²) in [5.74, 6) is 0.248. The van der Waals surface area contributed by atoms with E-state index >= 15 is 0 Å². The fourth-order valence-electron chi connectivity index (χ4n) is 0.994. The molecule has 76 valence electrons. The monoisotopic (exact) mass is 199 g/mol. The van der Waals surface area contributed by atoms with Crippen LogP contribution in [0.4, 0.5) is 0 Å². The van der Waals surface area contributed by atoms with Gasteiger partial charge in [0.15, 0.2) is 0 Å². The van der Waals surface area contributed by atoms with Gasteiger partial charge in [0.1, 0.15) is 5.75 Å². The van der Waals surface area contributed by atoms with Crippen molar-refractivity contribution in [1.82, 2.24) is 0 Å². The zero-order chi connectivity index (χ0) is 11.1. The topological polar surface area (TPSA) is 32.6 Å². The molecule has 15 heavy (non-hydrogen) atoms. The number of aromatic hydroxyl groups is 1. The Balaban J connectivity index is 2.80. The van der Waals surface area contributed by atoms with Gasteiger partial charge < -0.3 is 5.11 Å². The van der Waals surface area contributed by atoms with Crippen molar-refractivity contribution in [2.45, 2.75) is 0 Å². The first-order valence-electron chi connectivity index (χ1n) is 4.54. The molecule has 0 saturated carbocycles. The molecular formula is C13H13NO. The Bertz CT molecular complexity index is 399. The molecule has 0 bridgehead atoms. The molecule has 1 N–H and O–H groups in total. The van der Waals surface area contributed by atoms with Crippen LogP contribution in [0.2, 0.25) is 0 Å². The van der Waals surface area contributed by atoms with E-state index in [9.17, 15) is 0 Å². The fourth-order valence-corrected chi connectivity index (χ4v) is 0.994. The molecule has 1 aromatic rings. The summed E-state index contributed by atoms with van der Waals surface area (Å²) in [4.78, 5) is 4.20. The first kappa shape index (κ1) is 11.0. The molecule has 0 aromatic heterocycles. The van der Waals surface area contributed by atoms with Gasteiger partial charge in [0.2, 0.25) is 0 Å². The lowest BCUT2D eigenvalue weighted by molar-refractivity contribution is 0.475. The van der Waals surface area contributed by atoms with Crippen LogP contribution in [-0.4, -0.2) is 11.3 Å². The highest BCUT2D eigenvalue weighted by Crippen LogP contribution is 2.08. The fraction of sp³-hybridized carbons (Fsp3) is 0. The van der Waals surface area contributed by atoms with Gasteiger partial charge in [-0.05, 0) is 42.0 Å². The lowest BCUT2D eigenvalue weighted by Crippen LogP contribution is -1.80. The predicted octanol–water partition coefficient (Wildman–Crippen LogP) is 3.07. The molecule has 0 aliphatic carbocycles. The first-order valence-corrected chi connectivity index (χ1v) is 4.54. The summed E-state index contributed by atoms with van der Waals surface area (Å²) in [6.07, 6.45) is 6.78. The smallest absolute Gasteiger partial charge is 0.115 e. The Morgan fingerprint density at radius 3 is 2.40 bits per heavy atom. The highest BCUT2D eigenvalue weighted by Gasteiger charge is 1.89. The van der Waals surface area contributed by atoms with Crippen LogP contribution in [0.25, 0.3) is 0 Å². The van der Waals surface area contributed by atoms with E-state index < -0.39 is 0 Å². The van der Waals surface area contributed by atoms with Gasteiger partial charge in [0, 0.05) is 6.21 Å². The van der Waals surface area contributed by atoms with E-state index in [2.05, 4.69) is 18.2 Å². The zero-order valence-electron chi connectivity index (χ0n) is 8.43. The Kier molecular flexibility index (Phi) is 4.10. The Morgan fingerprint density at radius 2 is 1.87 bits per heavy atom. The van der Waals surface area contributed by atoms with Gasteiger partial charge in [-0.1, -0.05) is 19.2 Å². The predicted molar refractivity (Wildman–Crippen MR) is 64.2 cm³/mol. The quantitative estimate of drug-likeness (QED) is 0.586. The van der Waals surface area contributed by atoms with E-state index in [0.29, 0.717) is 0 Å². The number of hydrogen-bond acceptors (Lipinski definition) is 2. The summed E-state index contributed by atoms with van der Waals surface area (Å²) in [7, 11) is 0. The molecule has 1 rings (SSSR count). The number of phenols is 1. The SMILES string of the molecule is C=C/C=C(\C=C)N=Cc1ccc(O)cc1. The van der Waals surface area contributed by atoms with E-state index in [1.807, 2.05) is 0 Å². The van der Waals surface area contributed by atoms with E-state index in [4.69, 9.17) is 5.11 Å². The molecule has 1 aromatic carbocycles. The third-order valence-corrected chi connectivity index (χ3v) is 1.75. The van der Waals surface area contributed by atoms with Crippen molar-refractivity contribution in [2.24, 2.45) is 4.99 Å². The van der Waals surface area contributed by atoms with Crippen LogP contribution in [0.5, 0.6) is 5.75 Å². The molecule has 0 spiro atoms. The molecule has 0 fully saturated rings. The van der Waals surface area contributed by atoms with E-state index in [1.54, 1.807) is 48.7 Å². The molecule has 0 amide bonds. The van der Waals surface area contributed by atoms with Crippen molar-refractivity contribution in [2.75, 3.05) is 0 Å². The lowest BCUT2D eigenvalue weighted by atomic mass is 10.2. The van der Waals surface area contributed by atoms with Crippen molar-refractivity contribution in [3.05, 3.63) is 66.9 Å². The van der Waals surface area contributed by atoms with Crippen LogP contribution < -0.4 is 0 Å². The van der Waals surface area contributed by atoms with Crippen LogP contribution in [0.3, 0.4) is 0 Å². The van der Waals surface area contributed by atoms with Gasteiger partial charge in [-0.3, -0.25) is 4.99 Å². The van der Waals surface area contributed by atoms with E-state index in [1.165, 1.54) is 0 Å². The third-order valence-electron chi connectivity index (χ3n) is 1.75. The number of rotatable bonds is 4. The molecule has 0 atom stereocenters. The molecule has 0 unspecified atom stereocenters. The summed E-state index contributed by atoms with van der Waals surface area (Å²) in [5.41, 5.74) is 1.67. The molecule has 2 nitrogen and oxygen atoms in total. The van der Waals surface area contributed by atoms with Gasteiger partial charge >= 0.3 is 0 Å². The summed E-state index contributed by atoms with van der Waals surface area (Å²) in [6.45, 7) is 7.22. The van der Waals surface area contributed by atoms with Crippen molar-refractivity contribution < 1.29 is 5.11 Å². The van der Waals surface area contributed by atoms with E-state index in [0.717, 1.165) is 11.3 Å². The Hall–Kier alpha value is -2.09. The van der Waals surface area contributed by atoms with Gasteiger partial charge in [0.25, 0.3) is 0 Å². The molecular weight excluding hydrogens is 186 g/mol. The molecule has 2 heteroatoms. The van der Waals surface area contributed by atoms with Crippen molar-refractivity contribution >= 4 is 6.21 Å². The summed E-state index contributed by atoms with van der Waals surface area (Å²) < 4.78 is 0. The minimum atomic E-state index is 0.248. The number of nitrogens with zero attached hydrogens (tertiary/aromatic N) is 1. The number of hydrogen-bond donors (Lipinski definition) is 1. The maximum atomic E-state index is 9.08. The Labute approximate surface area is 89.6 Å². The van der Waals surface area contributed by atoms with Gasteiger partial charge in [-0.2, -0.15) is 0 Å². The van der Waals surface area contributed by atoms with Gasteiger partial charge in [0.05, 0.1) is 5.70 Å². The second-order valence-corrected chi connectivity index (χ2v) is 2.88. The normalized spacial score (nSPS) is 11.6. The van der Waals surface area contributed by atoms with Crippen molar-refractivity contribution in [3.63, 3.8) is 0 Å². The van der Waals surface area contributed by atoms with Gasteiger partial charge in [-0.25, -0.2) is 0 Å². The Morgan fingerprint density at radius 1 is 1.20 bits per heavy atom. The van der Waals surface area contributed by atoms with Crippen LogP contribution in [0.1, 0.15) is 5.56 Å². The maximum Gasteiger partial charge on any atom is 0.115 e. The minimum Gasteiger partial charge on any atom is -0.508 e. The zero-order valence-corrected chi connectivity index (χ0v) is 8.43. The molecule has 0 radical (unpaired) electrons. The van der Waals surface area contributed by atoms with Crippen LogP contribution in [-0.2, 0) is 0 Å². The van der Waals surface area contributed by atoms with Crippen molar-refractivity contribution in [1.29, 1.82) is 0 Å².